The number of nitrogens with zero attached hydrogens (tertiary/aromatic N) is 3. The number of ether oxygens (including phenoxy) is 2. The van der Waals surface area contributed by atoms with E-state index >= 15 is 0 Å². The third-order valence-electron chi connectivity index (χ3n) is 5.65. The molecule has 3 heterocycles. The van der Waals surface area contributed by atoms with Gasteiger partial charge >= 0.3 is 0 Å². The first-order valence-electron chi connectivity index (χ1n) is 10.1. The smallest absolute Gasteiger partial charge is 0.227 e. The lowest BCUT2D eigenvalue weighted by Gasteiger charge is -2.36. The zero-order chi connectivity index (χ0) is 20.9. The molecule has 1 aromatic carbocycles. The van der Waals surface area contributed by atoms with Crippen LogP contribution in [0, 0.1) is 0 Å². The van der Waals surface area contributed by atoms with E-state index in [2.05, 4.69) is 15.2 Å². The van der Waals surface area contributed by atoms with E-state index in [-0.39, 0.29) is 18.4 Å². The Balaban J connectivity index is 1.61. The molecule has 7 nitrogen and oxygen atoms in total. The Morgan fingerprint density at radius 2 is 2.00 bits per heavy atom. The monoisotopic (exact) mass is 406 g/mol. The van der Waals surface area contributed by atoms with Crippen molar-refractivity contribution in [3.8, 4) is 22.6 Å². The van der Waals surface area contributed by atoms with Crippen LogP contribution in [0.5, 0.6) is 11.5 Å². The maximum atomic E-state index is 13.4. The van der Waals surface area contributed by atoms with Gasteiger partial charge in [-0.25, -0.2) is 0 Å². The molecular weight excluding hydrogens is 380 g/mol. The summed E-state index contributed by atoms with van der Waals surface area (Å²) >= 11 is 0. The third-order valence-corrected chi connectivity index (χ3v) is 5.65. The van der Waals surface area contributed by atoms with Crippen molar-refractivity contribution in [2.24, 2.45) is 0 Å². The van der Waals surface area contributed by atoms with Crippen LogP contribution in [0.15, 0.2) is 48.9 Å². The van der Waals surface area contributed by atoms with E-state index in [9.17, 15) is 4.79 Å². The first-order chi connectivity index (χ1) is 14.7. The number of hydrogen-bond acceptors (Lipinski definition) is 5. The maximum Gasteiger partial charge on any atom is 0.227 e. The molecule has 1 fully saturated rings. The number of likely N-dealkylation sites (tertiary alicyclic amines) is 1. The molecule has 30 heavy (non-hydrogen) atoms. The molecule has 1 aliphatic rings. The van der Waals surface area contributed by atoms with Crippen LogP contribution in [0.3, 0.4) is 0 Å². The number of aromatic nitrogens is 3. The average molecular weight is 406 g/mol. The summed E-state index contributed by atoms with van der Waals surface area (Å²) in [6.45, 7) is 0.727. The second kappa shape index (κ2) is 8.98. The summed E-state index contributed by atoms with van der Waals surface area (Å²) < 4.78 is 10.8. The van der Waals surface area contributed by atoms with Crippen molar-refractivity contribution < 1.29 is 14.3 Å². The van der Waals surface area contributed by atoms with Gasteiger partial charge in [0.25, 0.3) is 0 Å². The topological polar surface area (TPSA) is 80.3 Å². The minimum atomic E-state index is -0.0338. The van der Waals surface area contributed by atoms with E-state index < -0.39 is 0 Å². The molecular formula is C23H26N4O3. The molecule has 0 radical (unpaired) electrons. The summed E-state index contributed by atoms with van der Waals surface area (Å²) in [7, 11) is 3.23. The molecule has 156 valence electrons. The van der Waals surface area contributed by atoms with Crippen molar-refractivity contribution in [3.63, 3.8) is 0 Å². The lowest BCUT2D eigenvalue weighted by molar-refractivity contribution is -0.134. The Morgan fingerprint density at radius 1 is 1.17 bits per heavy atom. The number of carbonyl (C=O) groups is 1. The lowest BCUT2D eigenvalue weighted by atomic mass is 9.94. The van der Waals surface area contributed by atoms with E-state index in [0.29, 0.717) is 11.5 Å². The van der Waals surface area contributed by atoms with Gasteiger partial charge in [-0.05, 0) is 55.2 Å². The molecule has 1 N–H and O–H groups in total. The lowest BCUT2D eigenvalue weighted by Crippen LogP contribution is -2.39. The van der Waals surface area contributed by atoms with Gasteiger partial charge < -0.3 is 14.4 Å². The van der Waals surface area contributed by atoms with Crippen LogP contribution in [-0.4, -0.2) is 46.8 Å². The predicted molar refractivity (Wildman–Crippen MR) is 113 cm³/mol. The van der Waals surface area contributed by atoms with E-state index in [1.54, 1.807) is 26.6 Å². The largest absolute Gasteiger partial charge is 0.497 e. The Labute approximate surface area is 176 Å². The van der Waals surface area contributed by atoms with Crippen molar-refractivity contribution in [1.82, 2.24) is 20.1 Å². The zero-order valence-corrected chi connectivity index (χ0v) is 17.3. The standard InChI is InChI=1S/C23H26N4O3/c1-29-18-6-7-21(30-2)17(13-18)14-22(28)27-12-4-3-5-20(27)23-19(15-25-26-23)16-8-10-24-11-9-16/h6-11,13,15,20H,3-5,12,14H2,1-2H3,(H,25,26)/t20-/m1/s1. The quantitative estimate of drug-likeness (QED) is 0.674. The van der Waals surface area contributed by atoms with Crippen LogP contribution in [0.25, 0.3) is 11.1 Å². The van der Waals surface area contributed by atoms with Crippen LogP contribution >= 0.6 is 0 Å². The number of aromatic amines is 1. The molecule has 7 heteroatoms. The molecule has 1 saturated heterocycles. The van der Waals surface area contributed by atoms with Crippen molar-refractivity contribution in [1.29, 1.82) is 0 Å². The molecule has 0 unspecified atom stereocenters. The Hall–Kier alpha value is -3.35. The van der Waals surface area contributed by atoms with E-state index in [1.165, 1.54) is 0 Å². The third kappa shape index (κ3) is 4.01. The number of pyridine rings is 1. The van der Waals surface area contributed by atoms with Gasteiger partial charge in [-0.1, -0.05) is 0 Å². The molecule has 3 aromatic rings. The fraction of sp³-hybridized carbons (Fsp3) is 0.348. The molecule has 1 amide bonds. The number of carbonyl (C=O) groups excluding carboxylic acids is 1. The minimum Gasteiger partial charge on any atom is -0.497 e. The van der Waals surface area contributed by atoms with Crippen LogP contribution < -0.4 is 9.47 Å². The number of benzene rings is 1. The number of amides is 1. The molecule has 0 bridgehead atoms. The fourth-order valence-electron chi connectivity index (χ4n) is 4.13. The molecule has 2 aromatic heterocycles. The van der Waals surface area contributed by atoms with Crippen molar-refractivity contribution in [3.05, 3.63) is 60.2 Å². The van der Waals surface area contributed by atoms with Crippen LogP contribution in [0.2, 0.25) is 0 Å². The first kappa shape index (κ1) is 19.9. The van der Waals surface area contributed by atoms with Gasteiger partial charge in [0.05, 0.1) is 38.6 Å². The van der Waals surface area contributed by atoms with E-state index in [1.807, 2.05) is 41.4 Å². The van der Waals surface area contributed by atoms with Crippen LogP contribution in [0.4, 0.5) is 0 Å². The summed E-state index contributed by atoms with van der Waals surface area (Å²) in [6, 6.07) is 9.44. The van der Waals surface area contributed by atoms with Crippen molar-refractivity contribution >= 4 is 5.91 Å². The number of methoxy groups -OCH3 is 2. The summed E-state index contributed by atoms with van der Waals surface area (Å²) in [5.74, 6) is 1.47. The fourth-order valence-corrected chi connectivity index (χ4v) is 4.13. The summed E-state index contributed by atoms with van der Waals surface area (Å²) in [5, 5.41) is 7.44. The SMILES string of the molecule is COc1ccc(OC)c(CC(=O)N2CCCC[C@@H]2c2[nH]ncc2-c2ccncc2)c1. The highest BCUT2D eigenvalue weighted by atomic mass is 16.5. The number of hydrogen-bond donors (Lipinski definition) is 1. The van der Waals surface area contributed by atoms with E-state index in [0.717, 1.165) is 48.2 Å². The van der Waals surface area contributed by atoms with Crippen molar-refractivity contribution in [2.45, 2.75) is 31.7 Å². The maximum absolute atomic E-state index is 13.4. The number of piperidine rings is 1. The number of H-pyrrole nitrogens is 1. The zero-order valence-electron chi connectivity index (χ0n) is 17.3. The molecule has 1 aliphatic heterocycles. The Morgan fingerprint density at radius 3 is 2.77 bits per heavy atom. The van der Waals surface area contributed by atoms with E-state index in [4.69, 9.17) is 9.47 Å². The summed E-state index contributed by atoms with van der Waals surface area (Å²) in [6.07, 6.45) is 8.60. The Bertz CT molecular complexity index is 1000. The van der Waals surface area contributed by atoms with Gasteiger partial charge in [0, 0.05) is 30.1 Å². The van der Waals surface area contributed by atoms with Gasteiger partial charge in [-0.3, -0.25) is 14.9 Å². The number of nitrogens with one attached hydrogen (secondary N) is 1. The van der Waals surface area contributed by atoms with Gasteiger partial charge in [0.15, 0.2) is 0 Å². The normalized spacial score (nSPS) is 16.3. The van der Waals surface area contributed by atoms with Crippen LogP contribution in [0.1, 0.15) is 36.6 Å². The van der Waals surface area contributed by atoms with Gasteiger partial charge in [0.2, 0.25) is 5.91 Å². The Kier molecular flexibility index (Phi) is 5.97. The van der Waals surface area contributed by atoms with Gasteiger partial charge in [-0.15, -0.1) is 0 Å². The second-order valence-corrected chi connectivity index (χ2v) is 7.39. The van der Waals surface area contributed by atoms with Crippen molar-refractivity contribution in [2.75, 3.05) is 20.8 Å². The summed E-state index contributed by atoms with van der Waals surface area (Å²) in [5.41, 5.74) is 3.86. The molecule has 0 saturated carbocycles. The average Bonchev–Trinajstić information content (AvgIpc) is 3.29. The predicted octanol–water partition coefficient (Wildman–Crippen LogP) is 3.79. The number of rotatable bonds is 6. The highest BCUT2D eigenvalue weighted by Crippen LogP contribution is 2.36. The van der Waals surface area contributed by atoms with Gasteiger partial charge in [0.1, 0.15) is 11.5 Å². The first-order valence-corrected chi connectivity index (χ1v) is 10.1. The second-order valence-electron chi connectivity index (χ2n) is 7.39. The van der Waals surface area contributed by atoms with Gasteiger partial charge in [-0.2, -0.15) is 5.10 Å². The molecule has 0 spiro atoms. The highest BCUT2D eigenvalue weighted by Gasteiger charge is 2.31. The minimum absolute atomic E-state index is 0.0338. The van der Waals surface area contributed by atoms with Crippen LogP contribution in [-0.2, 0) is 11.2 Å². The summed E-state index contributed by atoms with van der Waals surface area (Å²) in [4.78, 5) is 19.4. The molecule has 0 aliphatic carbocycles. The molecule has 1 atom stereocenters. The molecule has 4 rings (SSSR count). The highest BCUT2D eigenvalue weighted by molar-refractivity contribution is 5.80.